The van der Waals surface area contributed by atoms with Crippen LogP contribution in [0.4, 0.5) is 13.2 Å². The lowest BCUT2D eigenvalue weighted by atomic mass is 9.83. The highest BCUT2D eigenvalue weighted by atomic mass is 19.1. The van der Waals surface area contributed by atoms with Gasteiger partial charge < -0.3 is 10.2 Å². The third-order valence-corrected chi connectivity index (χ3v) is 6.27. The second kappa shape index (κ2) is 8.37. The van der Waals surface area contributed by atoms with E-state index in [4.69, 9.17) is 5.11 Å². The number of fused-ring (bicyclic) bond motifs is 2. The summed E-state index contributed by atoms with van der Waals surface area (Å²) in [7, 11) is 0. The first-order valence-electron chi connectivity index (χ1n) is 10.8. The average molecular weight is 457 g/mol. The Morgan fingerprint density at radius 1 is 1.21 bits per heavy atom. The summed E-state index contributed by atoms with van der Waals surface area (Å²) in [5, 5.41) is 18.8. The number of alkyl halides is 1. The van der Waals surface area contributed by atoms with Crippen LogP contribution < -0.4 is 0 Å². The first kappa shape index (κ1) is 23.1. The molecule has 2 aromatic rings. The minimum Gasteiger partial charge on any atom is -0.508 e. The van der Waals surface area contributed by atoms with Crippen LogP contribution in [0.15, 0.2) is 42.0 Å². The highest BCUT2D eigenvalue weighted by Crippen LogP contribution is 2.50. The fourth-order valence-corrected chi connectivity index (χ4v) is 5.00. The second-order valence-corrected chi connectivity index (χ2v) is 9.44. The molecule has 0 radical (unpaired) electrons. The van der Waals surface area contributed by atoms with Gasteiger partial charge in [0.25, 0.3) is 0 Å². The van der Waals surface area contributed by atoms with Gasteiger partial charge in [-0.05, 0) is 91.8 Å². The zero-order valence-electron chi connectivity index (χ0n) is 18.7. The van der Waals surface area contributed by atoms with Crippen molar-refractivity contribution >= 4 is 17.6 Å². The van der Waals surface area contributed by atoms with Crippen molar-refractivity contribution in [1.29, 1.82) is 0 Å². The SMILES string of the molecule is C[C@@H]1CC2=C(Cc3ccc(O)cc32)[C@@H](c2c(F)cc(/C=C/C(=O)O)cc2F)N1CC(C)(C)F. The Morgan fingerprint density at radius 2 is 1.88 bits per heavy atom. The highest BCUT2D eigenvalue weighted by molar-refractivity contribution is 5.85. The summed E-state index contributed by atoms with van der Waals surface area (Å²) >= 11 is 0. The van der Waals surface area contributed by atoms with Gasteiger partial charge in [-0.2, -0.15) is 0 Å². The lowest BCUT2D eigenvalue weighted by molar-refractivity contribution is -0.131. The third-order valence-electron chi connectivity index (χ3n) is 6.27. The molecule has 2 atom stereocenters. The van der Waals surface area contributed by atoms with Gasteiger partial charge in [0, 0.05) is 24.2 Å². The number of aliphatic carboxylic acids is 1. The highest BCUT2D eigenvalue weighted by Gasteiger charge is 2.43. The Hall–Kier alpha value is -3.06. The van der Waals surface area contributed by atoms with Crippen LogP contribution in [0.25, 0.3) is 11.6 Å². The zero-order chi connectivity index (χ0) is 24.1. The van der Waals surface area contributed by atoms with Crippen LogP contribution in [-0.2, 0) is 11.2 Å². The first-order chi connectivity index (χ1) is 15.4. The van der Waals surface area contributed by atoms with E-state index in [9.17, 15) is 14.3 Å². The van der Waals surface area contributed by atoms with Gasteiger partial charge in [-0.1, -0.05) is 6.07 Å². The quantitative estimate of drug-likeness (QED) is 0.569. The van der Waals surface area contributed by atoms with Gasteiger partial charge in [0.15, 0.2) is 0 Å². The number of aromatic hydroxyl groups is 1. The summed E-state index contributed by atoms with van der Waals surface area (Å²) in [5.74, 6) is -2.73. The molecule has 1 aliphatic heterocycles. The van der Waals surface area contributed by atoms with Crippen LogP contribution >= 0.6 is 0 Å². The van der Waals surface area contributed by atoms with Crippen LogP contribution in [0.1, 0.15) is 55.5 Å². The fourth-order valence-electron chi connectivity index (χ4n) is 5.00. The molecule has 0 saturated carbocycles. The molecule has 4 nitrogen and oxygen atoms in total. The number of hydrogen-bond donors (Lipinski definition) is 2. The predicted molar refractivity (Wildman–Crippen MR) is 120 cm³/mol. The van der Waals surface area contributed by atoms with Crippen molar-refractivity contribution in [1.82, 2.24) is 4.90 Å². The summed E-state index contributed by atoms with van der Waals surface area (Å²) in [6.07, 6.45) is 2.96. The molecule has 0 aromatic heterocycles. The number of carbonyl (C=O) groups is 1. The number of phenols is 1. The molecule has 0 amide bonds. The molecule has 174 valence electrons. The number of carboxylic acids is 1. The van der Waals surface area contributed by atoms with Crippen LogP contribution in [-0.4, -0.2) is 39.3 Å². The molecule has 7 heteroatoms. The summed E-state index contributed by atoms with van der Waals surface area (Å²) in [6.45, 7) is 4.77. The van der Waals surface area contributed by atoms with Crippen molar-refractivity contribution in [2.24, 2.45) is 0 Å². The van der Waals surface area contributed by atoms with Crippen LogP contribution in [0.5, 0.6) is 5.75 Å². The van der Waals surface area contributed by atoms with Crippen molar-refractivity contribution < 1.29 is 28.2 Å². The van der Waals surface area contributed by atoms with E-state index in [0.29, 0.717) is 12.8 Å². The van der Waals surface area contributed by atoms with Gasteiger partial charge >= 0.3 is 5.97 Å². The van der Waals surface area contributed by atoms with Gasteiger partial charge in [0.2, 0.25) is 0 Å². The molecular formula is C26H26F3NO3. The topological polar surface area (TPSA) is 60.8 Å². The minimum absolute atomic E-state index is 0.0171. The van der Waals surface area contributed by atoms with Gasteiger partial charge in [-0.3, -0.25) is 4.90 Å². The monoisotopic (exact) mass is 457 g/mol. The Morgan fingerprint density at radius 3 is 2.48 bits per heavy atom. The summed E-state index contributed by atoms with van der Waals surface area (Å²) < 4.78 is 45.6. The number of carboxylic acid groups (broad SMARTS) is 1. The van der Waals surface area contributed by atoms with Crippen molar-refractivity contribution in [3.8, 4) is 5.75 Å². The van der Waals surface area contributed by atoms with E-state index in [1.54, 1.807) is 23.1 Å². The summed E-state index contributed by atoms with van der Waals surface area (Å²) in [5.41, 5.74) is 1.87. The van der Waals surface area contributed by atoms with Crippen LogP contribution in [0.2, 0.25) is 0 Å². The molecule has 0 saturated heterocycles. The average Bonchev–Trinajstić information content (AvgIpc) is 3.04. The maximum Gasteiger partial charge on any atom is 0.328 e. The molecular weight excluding hydrogens is 431 g/mol. The molecule has 2 N–H and O–H groups in total. The van der Waals surface area contributed by atoms with E-state index in [-0.39, 0.29) is 29.5 Å². The molecule has 0 bridgehead atoms. The second-order valence-electron chi connectivity index (χ2n) is 9.44. The maximum atomic E-state index is 15.4. The number of halogens is 3. The van der Waals surface area contributed by atoms with E-state index in [1.807, 2.05) is 6.92 Å². The van der Waals surface area contributed by atoms with Crippen molar-refractivity contribution in [2.75, 3.05) is 6.54 Å². The Balaban J connectivity index is 1.87. The van der Waals surface area contributed by atoms with Gasteiger partial charge in [-0.25, -0.2) is 18.0 Å². The number of rotatable bonds is 5. The van der Waals surface area contributed by atoms with E-state index >= 15 is 8.78 Å². The van der Waals surface area contributed by atoms with Crippen LogP contribution in [0.3, 0.4) is 0 Å². The van der Waals surface area contributed by atoms with Gasteiger partial charge in [0.05, 0.1) is 6.04 Å². The normalized spacial score (nSPS) is 20.9. The molecule has 33 heavy (non-hydrogen) atoms. The molecule has 1 aliphatic carbocycles. The Kier molecular flexibility index (Phi) is 5.86. The summed E-state index contributed by atoms with van der Waals surface area (Å²) in [6, 6.07) is 6.23. The predicted octanol–water partition coefficient (Wildman–Crippen LogP) is 5.66. The van der Waals surface area contributed by atoms with Crippen molar-refractivity contribution in [2.45, 2.75) is 51.4 Å². The van der Waals surface area contributed by atoms with Crippen molar-refractivity contribution in [3.63, 3.8) is 0 Å². The van der Waals surface area contributed by atoms with Gasteiger partial charge in [-0.15, -0.1) is 0 Å². The smallest absolute Gasteiger partial charge is 0.328 e. The lowest BCUT2D eigenvalue weighted by Crippen LogP contribution is -2.47. The lowest BCUT2D eigenvalue weighted by Gasteiger charge is -2.44. The van der Waals surface area contributed by atoms with Crippen LogP contribution in [0, 0.1) is 11.6 Å². The number of hydrogen-bond acceptors (Lipinski definition) is 3. The summed E-state index contributed by atoms with van der Waals surface area (Å²) in [4.78, 5) is 12.6. The number of nitrogens with zero attached hydrogens (tertiary/aromatic N) is 1. The maximum absolute atomic E-state index is 15.4. The Bertz CT molecular complexity index is 1160. The van der Waals surface area contributed by atoms with Crippen molar-refractivity contribution in [3.05, 3.63) is 75.9 Å². The molecule has 2 aliphatic rings. The number of phenolic OH excluding ortho intramolecular Hbond substituents is 1. The third kappa shape index (κ3) is 4.55. The minimum atomic E-state index is -1.59. The molecule has 0 fully saturated rings. The van der Waals surface area contributed by atoms with E-state index < -0.39 is 29.3 Å². The standard InChI is InChI=1S/C26H26F3NO3/c1-14-8-19-18-12-17(31)6-5-16(18)11-20(19)25(30(14)13-26(2,3)29)24-21(27)9-15(10-22(24)28)4-7-23(32)33/h4-7,9-10,12,14,25,31H,8,11,13H2,1-3H3,(H,32,33)/b7-4+/t14-,25+/m1/s1. The van der Waals surface area contributed by atoms with E-state index in [1.165, 1.54) is 13.8 Å². The zero-order valence-corrected chi connectivity index (χ0v) is 18.7. The van der Waals surface area contributed by atoms with E-state index in [2.05, 4.69) is 0 Å². The molecule has 0 spiro atoms. The fraction of sp³-hybridized carbons (Fsp3) is 0.346. The molecule has 2 aromatic carbocycles. The largest absolute Gasteiger partial charge is 0.508 e. The Labute approximate surface area is 190 Å². The first-order valence-corrected chi connectivity index (χ1v) is 10.8. The molecule has 4 rings (SSSR count). The molecule has 1 heterocycles. The molecule has 0 unspecified atom stereocenters. The van der Waals surface area contributed by atoms with E-state index in [0.717, 1.165) is 46.6 Å². The number of benzene rings is 2. The van der Waals surface area contributed by atoms with Gasteiger partial charge in [0.1, 0.15) is 23.1 Å².